The molecule has 5 aromatic rings. The molecule has 0 saturated heterocycles. The van der Waals surface area contributed by atoms with Crippen LogP contribution in [0, 0.1) is 12.7 Å². The smallest absolute Gasteiger partial charge is 0.322 e. The van der Waals surface area contributed by atoms with Gasteiger partial charge in [-0.25, -0.2) is 29.3 Å². The fraction of sp³-hybridized carbons (Fsp3) is 0.323. The lowest BCUT2D eigenvalue weighted by Crippen LogP contribution is -2.22. The molecule has 4 heterocycles. The predicted octanol–water partition coefficient (Wildman–Crippen LogP) is 6.66. The number of pyridine rings is 1. The number of nitrogen functional groups attached to an aromatic ring is 1. The third-order valence-corrected chi connectivity index (χ3v) is 9.01. The maximum absolute atomic E-state index is 15.7. The van der Waals surface area contributed by atoms with Crippen LogP contribution in [0.15, 0.2) is 49.1 Å². The normalized spacial score (nSPS) is 11.8. The van der Waals surface area contributed by atoms with Crippen molar-refractivity contribution in [1.82, 2.24) is 29.5 Å². The van der Waals surface area contributed by atoms with Crippen molar-refractivity contribution in [3.63, 3.8) is 0 Å². The molecule has 10 nitrogen and oxygen atoms in total. The summed E-state index contributed by atoms with van der Waals surface area (Å²) in [7, 11) is -1.35. The molecule has 1 aromatic carbocycles. The number of nitrogens with zero attached hydrogens (tertiary/aromatic N) is 6. The lowest BCUT2D eigenvalue weighted by atomic mass is 9.95. The van der Waals surface area contributed by atoms with E-state index in [1.54, 1.807) is 37.5 Å². The molecule has 0 amide bonds. The van der Waals surface area contributed by atoms with Gasteiger partial charge in [0.25, 0.3) is 0 Å². The van der Waals surface area contributed by atoms with Gasteiger partial charge in [0.15, 0.2) is 11.6 Å². The number of aliphatic hydroxyl groups is 1. The molecule has 0 aliphatic carbocycles. The second-order valence-electron chi connectivity index (χ2n) is 11.7. The number of aryl methyl sites for hydroxylation is 2. The average molecular weight is 636 g/mol. The van der Waals surface area contributed by atoms with Gasteiger partial charge in [-0.15, -0.1) is 0 Å². The zero-order valence-electron chi connectivity index (χ0n) is 25.1. The maximum atomic E-state index is 15.7. The number of anilines is 1. The van der Waals surface area contributed by atoms with Gasteiger partial charge in [0.2, 0.25) is 0 Å². The van der Waals surface area contributed by atoms with Crippen molar-refractivity contribution in [2.45, 2.75) is 52.2 Å². The molecule has 0 fully saturated rings. The van der Waals surface area contributed by atoms with Crippen molar-refractivity contribution in [3.05, 3.63) is 71.3 Å². The van der Waals surface area contributed by atoms with Crippen LogP contribution in [-0.4, -0.2) is 55.9 Å². The Morgan fingerprint density at radius 1 is 1.09 bits per heavy atom. The number of aliphatic hydroxyl groups excluding tert-OH is 1. The summed E-state index contributed by atoms with van der Waals surface area (Å²) in [6.07, 6.45) is 5.67. The van der Waals surface area contributed by atoms with Crippen LogP contribution < -0.4 is 10.5 Å². The number of fused-ring (bicyclic) bond motifs is 1. The van der Waals surface area contributed by atoms with E-state index < -0.39 is 13.9 Å². The summed E-state index contributed by atoms with van der Waals surface area (Å²) < 4.78 is 29.5. The summed E-state index contributed by atoms with van der Waals surface area (Å²) in [6, 6.07) is 9.18. The fourth-order valence-corrected chi connectivity index (χ4v) is 5.82. The zero-order valence-corrected chi connectivity index (χ0v) is 26.9. The predicted molar refractivity (Wildman–Crippen MR) is 172 cm³/mol. The molecule has 44 heavy (non-hydrogen) atoms. The van der Waals surface area contributed by atoms with Crippen LogP contribution in [-0.2, 0) is 17.9 Å². The van der Waals surface area contributed by atoms with Gasteiger partial charge in [0.05, 0.1) is 11.1 Å². The molecule has 0 aliphatic heterocycles. The number of hydrogen-bond acceptors (Lipinski definition) is 9. The number of aromatic nitrogens is 6. The number of halogens is 2. The fourth-order valence-electron chi connectivity index (χ4n) is 4.88. The van der Waals surface area contributed by atoms with Gasteiger partial charge in [-0.1, -0.05) is 37.3 Å². The van der Waals surface area contributed by atoms with Crippen molar-refractivity contribution in [2.24, 2.45) is 0 Å². The van der Waals surface area contributed by atoms with E-state index >= 15 is 4.39 Å². The minimum Gasteiger partial charge on any atom is -0.421 e. The highest BCUT2D eigenvalue weighted by molar-refractivity contribution is 6.76. The summed E-state index contributed by atoms with van der Waals surface area (Å²) in [6.45, 7) is 9.42. The Morgan fingerprint density at radius 2 is 1.91 bits per heavy atom. The standard InChI is InChI=1S/C31H35ClFN7O3Si/c1-19-9-10-35-31(39-19)43-24-8-7-21(14-23(24)33)26-27-29(34)37-17-38-30(27)40(18-42-12-13-44(2,3)4)28(26)22-16-36-25(32)15-20(22)6-5-11-41/h7-10,14-17,41H,5-6,11-13,18H2,1-4H3,(H2,34,37,38). The van der Waals surface area contributed by atoms with E-state index in [4.69, 9.17) is 26.8 Å². The summed E-state index contributed by atoms with van der Waals surface area (Å²) in [5, 5.41) is 10.5. The van der Waals surface area contributed by atoms with E-state index in [1.165, 1.54) is 18.5 Å². The van der Waals surface area contributed by atoms with Gasteiger partial charge in [-0.05, 0) is 61.2 Å². The quantitative estimate of drug-likeness (QED) is 0.0876. The van der Waals surface area contributed by atoms with E-state index in [1.807, 2.05) is 4.57 Å². The minimum absolute atomic E-state index is 0.00474. The van der Waals surface area contributed by atoms with Crippen molar-refractivity contribution in [1.29, 1.82) is 0 Å². The highest BCUT2D eigenvalue weighted by Crippen LogP contribution is 2.44. The average Bonchev–Trinajstić information content (AvgIpc) is 3.30. The first-order chi connectivity index (χ1) is 21.1. The Bertz CT molecular complexity index is 1790. The molecule has 13 heteroatoms. The molecule has 5 rings (SSSR count). The van der Waals surface area contributed by atoms with Crippen molar-refractivity contribution >= 4 is 36.5 Å². The number of ether oxygens (including phenoxy) is 2. The molecular formula is C31H35ClFN7O3Si. The molecule has 0 unspecified atom stereocenters. The largest absolute Gasteiger partial charge is 0.421 e. The van der Waals surface area contributed by atoms with Crippen molar-refractivity contribution in [2.75, 3.05) is 18.9 Å². The first-order valence-corrected chi connectivity index (χ1v) is 18.4. The molecule has 230 valence electrons. The molecule has 0 radical (unpaired) electrons. The molecule has 0 bridgehead atoms. The van der Waals surface area contributed by atoms with Gasteiger partial charge in [-0.3, -0.25) is 0 Å². The highest BCUT2D eigenvalue weighted by Gasteiger charge is 2.26. The molecule has 0 spiro atoms. The lowest BCUT2D eigenvalue weighted by molar-refractivity contribution is 0.0909. The van der Waals surface area contributed by atoms with Crippen LogP contribution in [0.3, 0.4) is 0 Å². The zero-order chi connectivity index (χ0) is 31.4. The summed E-state index contributed by atoms with van der Waals surface area (Å²) in [5.41, 5.74) is 11.1. The van der Waals surface area contributed by atoms with Crippen LogP contribution >= 0.6 is 11.6 Å². The SMILES string of the molecule is Cc1ccnc(Oc2ccc(-c3c(-c4cnc(Cl)cc4CCCO)n(COCC[Si](C)(C)C)c4ncnc(N)c34)cc2F)n1. The Labute approximate surface area is 261 Å². The monoisotopic (exact) mass is 635 g/mol. The number of rotatable bonds is 12. The number of benzene rings is 1. The molecular weight excluding hydrogens is 601 g/mol. The van der Waals surface area contributed by atoms with Gasteiger partial charge >= 0.3 is 6.01 Å². The Kier molecular flexibility index (Phi) is 9.54. The number of nitrogens with two attached hydrogens (primary N) is 1. The topological polar surface area (TPSA) is 134 Å². The van der Waals surface area contributed by atoms with E-state index in [0.29, 0.717) is 58.1 Å². The molecule has 0 atom stereocenters. The van der Waals surface area contributed by atoms with Crippen molar-refractivity contribution < 1.29 is 19.0 Å². The first-order valence-electron chi connectivity index (χ1n) is 14.3. The maximum Gasteiger partial charge on any atom is 0.322 e. The lowest BCUT2D eigenvalue weighted by Gasteiger charge is -2.18. The molecule has 0 aliphatic rings. The Morgan fingerprint density at radius 3 is 2.64 bits per heavy atom. The van der Waals surface area contributed by atoms with E-state index in [2.05, 4.69) is 44.6 Å². The molecule has 0 saturated carbocycles. The summed E-state index contributed by atoms with van der Waals surface area (Å²) >= 11 is 6.33. The van der Waals surface area contributed by atoms with E-state index in [9.17, 15) is 5.11 Å². The van der Waals surface area contributed by atoms with Gasteiger partial charge in [-0.2, -0.15) is 0 Å². The number of hydrogen-bond donors (Lipinski definition) is 2. The molecule has 3 N–H and O–H groups in total. The van der Waals surface area contributed by atoms with Crippen LogP contribution in [0.5, 0.6) is 11.8 Å². The summed E-state index contributed by atoms with van der Waals surface area (Å²) in [5.74, 6) is -0.406. The third kappa shape index (κ3) is 7.04. The molecule has 4 aromatic heterocycles. The van der Waals surface area contributed by atoms with Crippen LogP contribution in [0.1, 0.15) is 17.7 Å². The van der Waals surface area contributed by atoms with Crippen LogP contribution in [0.2, 0.25) is 30.8 Å². The van der Waals surface area contributed by atoms with Crippen LogP contribution in [0.25, 0.3) is 33.4 Å². The second kappa shape index (κ2) is 13.3. The van der Waals surface area contributed by atoms with Crippen molar-refractivity contribution in [3.8, 4) is 34.1 Å². The Hall–Kier alpha value is -3.97. The Balaban J connectivity index is 1.70. The van der Waals surface area contributed by atoms with Crippen LogP contribution in [0.4, 0.5) is 10.2 Å². The van der Waals surface area contributed by atoms with Gasteiger partial charge in [0, 0.05) is 50.5 Å². The van der Waals surface area contributed by atoms with Gasteiger partial charge < -0.3 is 24.9 Å². The van der Waals surface area contributed by atoms with E-state index in [0.717, 1.165) is 17.2 Å². The van der Waals surface area contributed by atoms with E-state index in [-0.39, 0.29) is 30.9 Å². The summed E-state index contributed by atoms with van der Waals surface area (Å²) in [4.78, 5) is 21.5. The minimum atomic E-state index is -1.35. The van der Waals surface area contributed by atoms with Gasteiger partial charge in [0.1, 0.15) is 29.7 Å². The first kappa shape index (κ1) is 31.5. The third-order valence-electron chi connectivity index (χ3n) is 7.10. The highest BCUT2D eigenvalue weighted by atomic mass is 35.5. The second-order valence-corrected chi connectivity index (χ2v) is 17.7.